The summed E-state index contributed by atoms with van der Waals surface area (Å²) in [5, 5.41) is 10.1. The van der Waals surface area contributed by atoms with Crippen LogP contribution in [0.1, 0.15) is 12.8 Å². The molecule has 6 nitrogen and oxygen atoms in total. The highest BCUT2D eigenvalue weighted by Crippen LogP contribution is 2.00. The molecule has 1 aliphatic rings. The average molecular weight is 209 g/mol. The van der Waals surface area contributed by atoms with Gasteiger partial charge in [0.2, 0.25) is 5.91 Å². The molecule has 0 aromatic carbocycles. The largest absolute Gasteiger partial charge is 0.350 e. The lowest BCUT2D eigenvalue weighted by molar-refractivity contribution is -0.122. The lowest BCUT2D eigenvalue weighted by atomic mass is 10.1. The van der Waals surface area contributed by atoms with E-state index in [-0.39, 0.29) is 18.5 Å². The predicted octanol–water partition coefficient (Wildman–Crippen LogP) is -0.854. The molecule has 1 atom stereocenters. The molecule has 1 aromatic rings. The third kappa shape index (κ3) is 3.02. The molecule has 6 heteroatoms. The second-order valence-electron chi connectivity index (χ2n) is 3.70. The van der Waals surface area contributed by atoms with Crippen LogP contribution in [0.15, 0.2) is 12.7 Å². The highest BCUT2D eigenvalue weighted by Gasteiger charge is 2.15. The quantitative estimate of drug-likeness (QED) is 0.680. The topological polar surface area (TPSA) is 71.8 Å². The summed E-state index contributed by atoms with van der Waals surface area (Å²) in [6.45, 7) is 2.16. The number of carbonyl (C=O) groups is 1. The fourth-order valence-electron chi connectivity index (χ4n) is 1.71. The highest BCUT2D eigenvalue weighted by molar-refractivity contribution is 5.75. The Morgan fingerprint density at radius 2 is 2.60 bits per heavy atom. The predicted molar refractivity (Wildman–Crippen MR) is 54.1 cm³/mol. The van der Waals surface area contributed by atoms with Gasteiger partial charge in [0.1, 0.15) is 19.2 Å². The Kier molecular flexibility index (Phi) is 3.29. The van der Waals surface area contributed by atoms with Crippen molar-refractivity contribution < 1.29 is 4.79 Å². The second kappa shape index (κ2) is 4.88. The minimum atomic E-state index is -0.00537. The van der Waals surface area contributed by atoms with E-state index in [1.807, 2.05) is 0 Å². The van der Waals surface area contributed by atoms with Crippen molar-refractivity contribution in [3.63, 3.8) is 0 Å². The molecule has 1 saturated heterocycles. The Balaban J connectivity index is 1.76. The van der Waals surface area contributed by atoms with Gasteiger partial charge in [0.15, 0.2) is 0 Å². The van der Waals surface area contributed by atoms with Gasteiger partial charge in [-0.1, -0.05) is 0 Å². The first-order chi connectivity index (χ1) is 7.34. The Bertz CT molecular complexity index is 304. The van der Waals surface area contributed by atoms with E-state index in [0.717, 1.165) is 25.9 Å². The van der Waals surface area contributed by atoms with Gasteiger partial charge in [0.05, 0.1) is 0 Å². The normalized spacial score (nSPS) is 21.2. The number of aromatic nitrogens is 3. The lowest BCUT2D eigenvalue weighted by Crippen LogP contribution is -2.46. The summed E-state index contributed by atoms with van der Waals surface area (Å²) < 4.78 is 1.52. The zero-order valence-electron chi connectivity index (χ0n) is 8.52. The van der Waals surface area contributed by atoms with E-state index in [1.54, 1.807) is 6.33 Å². The maximum atomic E-state index is 11.6. The SMILES string of the molecule is O=C(Cn1cncn1)NC1CCCNC1. The number of hydrogen-bond donors (Lipinski definition) is 2. The third-order valence-electron chi connectivity index (χ3n) is 2.43. The van der Waals surface area contributed by atoms with Crippen molar-refractivity contribution in [1.82, 2.24) is 25.4 Å². The van der Waals surface area contributed by atoms with Crippen molar-refractivity contribution in [2.75, 3.05) is 13.1 Å². The molecule has 2 N–H and O–H groups in total. The van der Waals surface area contributed by atoms with Crippen LogP contribution in [-0.2, 0) is 11.3 Å². The van der Waals surface area contributed by atoms with Gasteiger partial charge in [-0.3, -0.25) is 4.79 Å². The van der Waals surface area contributed by atoms with Crippen LogP contribution in [0.25, 0.3) is 0 Å². The van der Waals surface area contributed by atoms with Crippen LogP contribution in [0.2, 0.25) is 0 Å². The monoisotopic (exact) mass is 209 g/mol. The van der Waals surface area contributed by atoms with Crippen molar-refractivity contribution in [2.24, 2.45) is 0 Å². The second-order valence-corrected chi connectivity index (χ2v) is 3.70. The first kappa shape index (κ1) is 10.1. The Hall–Kier alpha value is -1.43. The van der Waals surface area contributed by atoms with Gasteiger partial charge in [0, 0.05) is 12.6 Å². The molecule has 82 valence electrons. The summed E-state index contributed by atoms with van der Waals surface area (Å²) in [6.07, 6.45) is 5.14. The van der Waals surface area contributed by atoms with Crippen LogP contribution in [0.4, 0.5) is 0 Å². The fraction of sp³-hybridized carbons (Fsp3) is 0.667. The molecular weight excluding hydrogens is 194 g/mol. The van der Waals surface area contributed by atoms with Crippen molar-refractivity contribution in [2.45, 2.75) is 25.4 Å². The van der Waals surface area contributed by atoms with Crippen molar-refractivity contribution in [3.8, 4) is 0 Å². The van der Waals surface area contributed by atoms with Gasteiger partial charge in [0.25, 0.3) is 0 Å². The Labute approximate surface area is 88.1 Å². The summed E-state index contributed by atoms with van der Waals surface area (Å²) in [5.41, 5.74) is 0. The zero-order valence-corrected chi connectivity index (χ0v) is 8.52. The van der Waals surface area contributed by atoms with Gasteiger partial charge in [-0.15, -0.1) is 0 Å². The van der Waals surface area contributed by atoms with Crippen LogP contribution in [-0.4, -0.2) is 39.8 Å². The molecular formula is C9H15N5O. The van der Waals surface area contributed by atoms with Gasteiger partial charge < -0.3 is 10.6 Å². The van der Waals surface area contributed by atoms with Gasteiger partial charge >= 0.3 is 0 Å². The minimum Gasteiger partial charge on any atom is -0.350 e. The van der Waals surface area contributed by atoms with Crippen LogP contribution < -0.4 is 10.6 Å². The number of amides is 1. The van der Waals surface area contributed by atoms with Crippen molar-refractivity contribution in [1.29, 1.82) is 0 Å². The van der Waals surface area contributed by atoms with E-state index < -0.39 is 0 Å². The molecule has 0 spiro atoms. The highest BCUT2D eigenvalue weighted by atomic mass is 16.2. The molecule has 1 unspecified atom stereocenters. The van der Waals surface area contributed by atoms with E-state index in [0.29, 0.717) is 0 Å². The molecule has 0 bridgehead atoms. The molecule has 2 rings (SSSR count). The van der Waals surface area contributed by atoms with Gasteiger partial charge in [-0.2, -0.15) is 5.10 Å². The molecule has 1 amide bonds. The van der Waals surface area contributed by atoms with E-state index >= 15 is 0 Å². The van der Waals surface area contributed by atoms with E-state index in [1.165, 1.54) is 11.0 Å². The van der Waals surface area contributed by atoms with Crippen LogP contribution in [0, 0.1) is 0 Å². The third-order valence-corrected chi connectivity index (χ3v) is 2.43. The van der Waals surface area contributed by atoms with E-state index in [9.17, 15) is 4.79 Å². The number of nitrogens with zero attached hydrogens (tertiary/aromatic N) is 3. The molecule has 0 saturated carbocycles. The van der Waals surface area contributed by atoms with Crippen LogP contribution >= 0.6 is 0 Å². The van der Waals surface area contributed by atoms with Crippen molar-refractivity contribution in [3.05, 3.63) is 12.7 Å². The molecule has 0 aliphatic carbocycles. The van der Waals surface area contributed by atoms with Crippen LogP contribution in [0.3, 0.4) is 0 Å². The standard InChI is InChI=1S/C9H15N5O/c15-9(5-14-7-11-6-12-14)13-8-2-1-3-10-4-8/h6-8,10H,1-5H2,(H,13,15). The molecule has 1 fully saturated rings. The zero-order chi connectivity index (χ0) is 10.5. The smallest absolute Gasteiger partial charge is 0.242 e. The average Bonchev–Trinajstić information content (AvgIpc) is 2.71. The van der Waals surface area contributed by atoms with E-state index in [4.69, 9.17) is 0 Å². The van der Waals surface area contributed by atoms with Gasteiger partial charge in [-0.25, -0.2) is 9.67 Å². The van der Waals surface area contributed by atoms with Crippen LogP contribution in [0.5, 0.6) is 0 Å². The summed E-state index contributed by atoms with van der Waals surface area (Å²) >= 11 is 0. The molecule has 1 aliphatic heterocycles. The first-order valence-electron chi connectivity index (χ1n) is 5.17. The number of carbonyl (C=O) groups excluding carboxylic acids is 1. The minimum absolute atomic E-state index is 0.00537. The summed E-state index contributed by atoms with van der Waals surface area (Å²) in [6, 6.07) is 0.259. The number of piperidine rings is 1. The molecule has 1 aromatic heterocycles. The number of rotatable bonds is 3. The fourth-order valence-corrected chi connectivity index (χ4v) is 1.71. The summed E-state index contributed by atoms with van der Waals surface area (Å²) in [4.78, 5) is 15.3. The van der Waals surface area contributed by atoms with Crippen molar-refractivity contribution >= 4 is 5.91 Å². The maximum absolute atomic E-state index is 11.6. The summed E-state index contributed by atoms with van der Waals surface area (Å²) in [7, 11) is 0. The summed E-state index contributed by atoms with van der Waals surface area (Å²) in [5.74, 6) is -0.00537. The molecule has 2 heterocycles. The molecule has 0 radical (unpaired) electrons. The number of nitrogens with one attached hydrogen (secondary N) is 2. The first-order valence-corrected chi connectivity index (χ1v) is 5.17. The number of hydrogen-bond acceptors (Lipinski definition) is 4. The lowest BCUT2D eigenvalue weighted by Gasteiger charge is -2.23. The Morgan fingerprint density at radius 1 is 1.67 bits per heavy atom. The maximum Gasteiger partial charge on any atom is 0.242 e. The Morgan fingerprint density at radius 3 is 3.27 bits per heavy atom. The molecule has 15 heavy (non-hydrogen) atoms. The van der Waals surface area contributed by atoms with Gasteiger partial charge in [-0.05, 0) is 19.4 Å². The van der Waals surface area contributed by atoms with E-state index in [2.05, 4.69) is 20.7 Å².